The number of rotatable bonds is 4. The van der Waals surface area contributed by atoms with E-state index in [1.54, 1.807) is 6.92 Å². The minimum Gasteiger partial charge on any atom is -0.485 e. The van der Waals surface area contributed by atoms with Gasteiger partial charge in [-0.15, -0.1) is 0 Å². The van der Waals surface area contributed by atoms with E-state index in [4.69, 9.17) is 9.26 Å². The summed E-state index contributed by atoms with van der Waals surface area (Å²) in [4.78, 5) is 19.0. The van der Waals surface area contributed by atoms with Crippen LogP contribution in [0.25, 0.3) is 0 Å². The third kappa shape index (κ3) is 2.88. The maximum absolute atomic E-state index is 12.9. The molecule has 0 unspecified atom stereocenters. The molecule has 4 rings (SSSR count). The summed E-state index contributed by atoms with van der Waals surface area (Å²) < 4.78 is 10.7. The van der Waals surface area contributed by atoms with Gasteiger partial charge in [0.05, 0.1) is 5.56 Å². The molecule has 0 bridgehead atoms. The molecule has 0 radical (unpaired) electrons. The maximum Gasteiger partial charge on any atom is 0.257 e. The number of para-hydroxylation sites is 1. The van der Waals surface area contributed by atoms with Crippen LogP contribution >= 0.6 is 0 Å². The number of carbonyl (C=O) groups is 1. The van der Waals surface area contributed by atoms with Crippen LogP contribution in [-0.2, 0) is 6.61 Å². The van der Waals surface area contributed by atoms with E-state index in [2.05, 4.69) is 10.1 Å². The van der Waals surface area contributed by atoms with Gasteiger partial charge in [-0.3, -0.25) is 4.79 Å². The van der Waals surface area contributed by atoms with E-state index in [0.29, 0.717) is 34.9 Å². The van der Waals surface area contributed by atoms with Gasteiger partial charge in [0.25, 0.3) is 5.91 Å². The highest BCUT2D eigenvalue weighted by atomic mass is 16.5. The topological polar surface area (TPSA) is 68.5 Å². The number of aromatic nitrogens is 2. The van der Waals surface area contributed by atoms with Crippen molar-refractivity contribution >= 4 is 5.91 Å². The number of likely N-dealkylation sites (tertiary alicyclic amines) is 1. The fourth-order valence-electron chi connectivity index (χ4n) is 3.88. The van der Waals surface area contributed by atoms with Crippen molar-refractivity contribution in [1.29, 1.82) is 0 Å². The summed E-state index contributed by atoms with van der Waals surface area (Å²) in [6.45, 7) is 3.68. The first kappa shape index (κ1) is 15.2. The molecule has 2 fully saturated rings. The third-order valence-electron chi connectivity index (χ3n) is 5.06. The maximum atomic E-state index is 12.9. The molecule has 1 aromatic heterocycles. The Kier molecular flexibility index (Phi) is 3.96. The summed E-state index contributed by atoms with van der Waals surface area (Å²) in [5.74, 6) is 2.98. The lowest BCUT2D eigenvalue weighted by Gasteiger charge is -2.19. The summed E-state index contributed by atoms with van der Waals surface area (Å²) >= 11 is 0. The fraction of sp³-hybridized carbons (Fsp3) is 0.500. The summed E-state index contributed by atoms with van der Waals surface area (Å²) in [7, 11) is 0. The Hall–Kier alpha value is -2.37. The Morgan fingerprint density at radius 1 is 1.29 bits per heavy atom. The summed E-state index contributed by atoms with van der Waals surface area (Å²) in [5.41, 5.74) is 0.609. The predicted octanol–water partition coefficient (Wildman–Crippen LogP) is 2.83. The molecule has 1 saturated heterocycles. The molecule has 2 atom stereocenters. The number of amides is 1. The Bertz CT molecular complexity index is 731. The number of carbonyl (C=O) groups excluding carboxylic acids is 1. The monoisotopic (exact) mass is 327 g/mol. The average Bonchev–Trinajstić information content (AvgIpc) is 3.28. The van der Waals surface area contributed by atoms with E-state index in [9.17, 15) is 4.79 Å². The molecule has 1 aliphatic carbocycles. The van der Waals surface area contributed by atoms with E-state index in [-0.39, 0.29) is 12.5 Å². The molecule has 1 amide bonds. The fourth-order valence-corrected chi connectivity index (χ4v) is 3.88. The Morgan fingerprint density at radius 3 is 2.75 bits per heavy atom. The van der Waals surface area contributed by atoms with Crippen molar-refractivity contribution in [2.45, 2.75) is 32.8 Å². The van der Waals surface area contributed by atoms with Gasteiger partial charge >= 0.3 is 0 Å². The second-order valence-electron chi connectivity index (χ2n) is 6.68. The number of hydrogen-bond acceptors (Lipinski definition) is 5. The smallest absolute Gasteiger partial charge is 0.257 e. The van der Waals surface area contributed by atoms with Crippen molar-refractivity contribution in [3.05, 3.63) is 41.5 Å². The van der Waals surface area contributed by atoms with Crippen LogP contribution in [0.2, 0.25) is 0 Å². The lowest BCUT2D eigenvalue weighted by Crippen LogP contribution is -2.29. The van der Waals surface area contributed by atoms with Crippen molar-refractivity contribution in [2.24, 2.45) is 11.8 Å². The van der Waals surface area contributed by atoms with Gasteiger partial charge in [-0.25, -0.2) is 0 Å². The van der Waals surface area contributed by atoms with Gasteiger partial charge in [-0.1, -0.05) is 23.7 Å². The molecule has 2 aliphatic rings. The van der Waals surface area contributed by atoms with Gasteiger partial charge < -0.3 is 14.2 Å². The molecule has 1 aliphatic heterocycles. The molecule has 1 saturated carbocycles. The number of hydrogen-bond donors (Lipinski definition) is 0. The van der Waals surface area contributed by atoms with Crippen molar-refractivity contribution in [3.63, 3.8) is 0 Å². The molecule has 0 spiro atoms. The summed E-state index contributed by atoms with van der Waals surface area (Å²) in [5, 5.41) is 3.81. The largest absolute Gasteiger partial charge is 0.485 e. The molecule has 126 valence electrons. The number of nitrogens with zero attached hydrogens (tertiary/aromatic N) is 3. The van der Waals surface area contributed by atoms with Crippen LogP contribution in [0.1, 0.15) is 41.3 Å². The van der Waals surface area contributed by atoms with E-state index < -0.39 is 0 Å². The summed E-state index contributed by atoms with van der Waals surface area (Å²) in [6, 6.07) is 7.38. The molecule has 24 heavy (non-hydrogen) atoms. The van der Waals surface area contributed by atoms with Gasteiger partial charge in [-0.05, 0) is 36.8 Å². The molecule has 2 heterocycles. The van der Waals surface area contributed by atoms with Gasteiger partial charge in [-0.2, -0.15) is 4.98 Å². The quantitative estimate of drug-likeness (QED) is 0.864. The molecule has 6 heteroatoms. The van der Waals surface area contributed by atoms with Crippen molar-refractivity contribution in [2.75, 3.05) is 13.1 Å². The van der Waals surface area contributed by atoms with Crippen LogP contribution in [0, 0.1) is 18.8 Å². The Labute approximate surface area is 140 Å². The van der Waals surface area contributed by atoms with Crippen LogP contribution in [0.15, 0.2) is 28.8 Å². The predicted molar refractivity (Wildman–Crippen MR) is 86.5 cm³/mol. The van der Waals surface area contributed by atoms with E-state index in [1.165, 1.54) is 19.3 Å². The highest BCUT2D eigenvalue weighted by Crippen LogP contribution is 2.38. The number of ether oxygens (including phenoxy) is 1. The van der Waals surface area contributed by atoms with Crippen LogP contribution < -0.4 is 4.74 Å². The zero-order chi connectivity index (χ0) is 16.5. The third-order valence-corrected chi connectivity index (χ3v) is 5.06. The van der Waals surface area contributed by atoms with Crippen LogP contribution in [-0.4, -0.2) is 34.0 Å². The second kappa shape index (κ2) is 6.26. The molecule has 1 aromatic carbocycles. The molecular weight excluding hydrogens is 306 g/mol. The van der Waals surface area contributed by atoms with Crippen molar-refractivity contribution in [1.82, 2.24) is 15.0 Å². The zero-order valence-corrected chi connectivity index (χ0v) is 13.8. The minimum atomic E-state index is 0.0595. The first-order valence-corrected chi connectivity index (χ1v) is 8.51. The first-order chi connectivity index (χ1) is 11.7. The Morgan fingerprint density at radius 2 is 2.04 bits per heavy atom. The van der Waals surface area contributed by atoms with E-state index in [1.807, 2.05) is 29.2 Å². The molecular formula is C18H21N3O3. The SMILES string of the molecule is Cc1nc(COc2ccccc2C(=O)N2C[C@H]3CCC[C@@H]3C2)no1. The van der Waals surface area contributed by atoms with E-state index in [0.717, 1.165) is 13.1 Å². The lowest BCUT2D eigenvalue weighted by atomic mass is 10.0. The normalized spacial score (nSPS) is 22.6. The van der Waals surface area contributed by atoms with Crippen molar-refractivity contribution < 1.29 is 14.1 Å². The zero-order valence-electron chi connectivity index (χ0n) is 13.8. The number of fused-ring (bicyclic) bond motifs is 1. The van der Waals surface area contributed by atoms with Gasteiger partial charge in [0.2, 0.25) is 11.7 Å². The second-order valence-corrected chi connectivity index (χ2v) is 6.68. The van der Waals surface area contributed by atoms with Crippen LogP contribution in [0.5, 0.6) is 5.75 Å². The number of aryl methyl sites for hydroxylation is 1. The van der Waals surface area contributed by atoms with Gasteiger partial charge in [0.15, 0.2) is 6.61 Å². The number of benzene rings is 1. The van der Waals surface area contributed by atoms with Gasteiger partial charge in [0.1, 0.15) is 5.75 Å². The molecule has 2 aromatic rings. The summed E-state index contributed by atoms with van der Waals surface area (Å²) in [6.07, 6.45) is 3.81. The average molecular weight is 327 g/mol. The van der Waals surface area contributed by atoms with E-state index >= 15 is 0 Å². The highest BCUT2D eigenvalue weighted by Gasteiger charge is 2.38. The standard InChI is InChI=1S/C18H21N3O3/c1-12-19-17(20-24-12)11-23-16-8-3-2-7-15(16)18(22)21-9-13-5-4-6-14(13)10-21/h2-3,7-8,13-14H,4-6,9-11H2,1H3/t13-,14-/m1/s1. The van der Waals surface area contributed by atoms with Crippen LogP contribution in [0.3, 0.4) is 0 Å². The minimum absolute atomic E-state index is 0.0595. The van der Waals surface area contributed by atoms with Gasteiger partial charge in [0, 0.05) is 20.0 Å². The Balaban J connectivity index is 1.47. The van der Waals surface area contributed by atoms with Crippen molar-refractivity contribution in [3.8, 4) is 5.75 Å². The highest BCUT2D eigenvalue weighted by molar-refractivity contribution is 5.97. The lowest BCUT2D eigenvalue weighted by molar-refractivity contribution is 0.0775. The first-order valence-electron chi connectivity index (χ1n) is 8.51. The molecule has 6 nitrogen and oxygen atoms in total. The van der Waals surface area contributed by atoms with Crippen LogP contribution in [0.4, 0.5) is 0 Å². The molecule has 0 N–H and O–H groups in total.